The van der Waals surface area contributed by atoms with Crippen LogP contribution in [-0.4, -0.2) is 10.8 Å². The number of hydrogen-bond donors (Lipinski definition) is 1. The predicted octanol–water partition coefficient (Wildman–Crippen LogP) is 3.94. The Balaban J connectivity index is 2.15. The van der Waals surface area contributed by atoms with Gasteiger partial charge in [0.15, 0.2) is 0 Å². The molecule has 0 heterocycles. The van der Waals surface area contributed by atoms with E-state index >= 15 is 0 Å². The van der Waals surface area contributed by atoms with Crippen molar-refractivity contribution in [1.82, 2.24) is 0 Å². The molecule has 2 aromatic carbocycles. The topological polar surface area (TPSA) is 72.2 Å². The Hall–Kier alpha value is -1.96. The van der Waals surface area contributed by atoms with Crippen molar-refractivity contribution in [3.63, 3.8) is 0 Å². The Labute approximate surface area is 135 Å². The van der Waals surface area contributed by atoms with Gasteiger partial charge in [0.1, 0.15) is 0 Å². The minimum Gasteiger partial charge on any atom is -0.326 e. The van der Waals surface area contributed by atoms with E-state index in [9.17, 15) is 14.9 Å². The SMILES string of the molecule is CC(C(=O)Nc1cccc(I)c1)c1cccc([N+](=O)[O-])c1. The maximum atomic E-state index is 12.2. The first-order valence-electron chi connectivity index (χ1n) is 6.28. The summed E-state index contributed by atoms with van der Waals surface area (Å²) in [7, 11) is 0. The van der Waals surface area contributed by atoms with Gasteiger partial charge in [0, 0.05) is 21.4 Å². The molecule has 5 nitrogen and oxygen atoms in total. The molecule has 1 atom stereocenters. The van der Waals surface area contributed by atoms with Gasteiger partial charge in [-0.1, -0.05) is 18.2 Å². The summed E-state index contributed by atoms with van der Waals surface area (Å²) < 4.78 is 1.02. The molecule has 0 fully saturated rings. The van der Waals surface area contributed by atoms with Crippen molar-refractivity contribution in [2.24, 2.45) is 0 Å². The quantitative estimate of drug-likeness (QED) is 0.484. The molecule has 1 amide bonds. The van der Waals surface area contributed by atoms with Crippen LogP contribution in [0.5, 0.6) is 0 Å². The third kappa shape index (κ3) is 4.01. The van der Waals surface area contributed by atoms with Gasteiger partial charge in [0.05, 0.1) is 10.8 Å². The minimum absolute atomic E-state index is 0.0126. The van der Waals surface area contributed by atoms with Gasteiger partial charge < -0.3 is 5.32 Å². The van der Waals surface area contributed by atoms with Crippen molar-refractivity contribution in [3.8, 4) is 0 Å². The van der Waals surface area contributed by atoms with E-state index in [2.05, 4.69) is 27.9 Å². The first kappa shape index (κ1) is 15.4. The summed E-state index contributed by atoms with van der Waals surface area (Å²) in [5.74, 6) is -0.666. The van der Waals surface area contributed by atoms with Crippen molar-refractivity contribution in [2.45, 2.75) is 12.8 Å². The smallest absolute Gasteiger partial charge is 0.269 e. The maximum absolute atomic E-state index is 12.2. The molecule has 0 saturated carbocycles. The Bertz CT molecular complexity index is 688. The van der Waals surface area contributed by atoms with Gasteiger partial charge >= 0.3 is 0 Å². The molecular formula is C15H13IN2O3. The number of halogens is 1. The van der Waals surface area contributed by atoms with Crippen LogP contribution >= 0.6 is 22.6 Å². The number of non-ortho nitro benzene ring substituents is 1. The minimum atomic E-state index is -0.470. The summed E-state index contributed by atoms with van der Waals surface area (Å²) in [4.78, 5) is 22.5. The second-order valence-corrected chi connectivity index (χ2v) is 5.82. The highest BCUT2D eigenvalue weighted by Crippen LogP contribution is 2.22. The summed E-state index contributed by atoms with van der Waals surface area (Å²) in [6, 6.07) is 13.6. The fourth-order valence-electron chi connectivity index (χ4n) is 1.88. The molecule has 0 radical (unpaired) electrons. The number of anilines is 1. The van der Waals surface area contributed by atoms with E-state index in [1.54, 1.807) is 25.1 Å². The molecule has 1 unspecified atom stereocenters. The van der Waals surface area contributed by atoms with Gasteiger partial charge in [0.2, 0.25) is 5.91 Å². The van der Waals surface area contributed by atoms with Crippen molar-refractivity contribution in [1.29, 1.82) is 0 Å². The molecule has 0 aromatic heterocycles. The molecule has 2 rings (SSSR count). The zero-order valence-electron chi connectivity index (χ0n) is 11.2. The van der Waals surface area contributed by atoms with Crippen molar-refractivity contribution in [2.75, 3.05) is 5.32 Å². The maximum Gasteiger partial charge on any atom is 0.269 e. The molecule has 0 saturated heterocycles. The predicted molar refractivity (Wildman–Crippen MR) is 89.3 cm³/mol. The number of carbonyl (C=O) groups excluding carboxylic acids is 1. The largest absolute Gasteiger partial charge is 0.326 e. The van der Waals surface area contributed by atoms with Gasteiger partial charge in [0.25, 0.3) is 5.69 Å². The third-order valence-corrected chi connectivity index (χ3v) is 3.74. The molecule has 0 bridgehead atoms. The Morgan fingerprint density at radius 2 is 1.95 bits per heavy atom. The third-order valence-electron chi connectivity index (χ3n) is 3.07. The van der Waals surface area contributed by atoms with E-state index in [0.29, 0.717) is 11.3 Å². The van der Waals surface area contributed by atoms with Crippen molar-refractivity contribution in [3.05, 3.63) is 67.8 Å². The van der Waals surface area contributed by atoms with Crippen LogP contribution in [0.1, 0.15) is 18.4 Å². The lowest BCUT2D eigenvalue weighted by Crippen LogP contribution is -2.19. The number of hydrogen-bond acceptors (Lipinski definition) is 3. The lowest BCUT2D eigenvalue weighted by atomic mass is 10.00. The van der Waals surface area contributed by atoms with Crippen LogP contribution in [0.15, 0.2) is 48.5 Å². The highest BCUT2D eigenvalue weighted by molar-refractivity contribution is 14.1. The van der Waals surface area contributed by atoms with Crippen LogP contribution in [0, 0.1) is 13.7 Å². The average Bonchev–Trinajstić information content (AvgIpc) is 2.46. The highest BCUT2D eigenvalue weighted by Gasteiger charge is 2.17. The van der Waals surface area contributed by atoms with Crippen LogP contribution in [0.2, 0.25) is 0 Å². The van der Waals surface area contributed by atoms with E-state index in [1.165, 1.54) is 12.1 Å². The fourth-order valence-corrected chi connectivity index (χ4v) is 2.42. The number of nitrogens with one attached hydrogen (secondary N) is 1. The first-order valence-corrected chi connectivity index (χ1v) is 7.36. The average molecular weight is 396 g/mol. The molecule has 6 heteroatoms. The first-order chi connectivity index (χ1) is 9.97. The van der Waals surface area contributed by atoms with Gasteiger partial charge in [-0.3, -0.25) is 14.9 Å². The van der Waals surface area contributed by atoms with Crippen LogP contribution in [0.25, 0.3) is 0 Å². The zero-order chi connectivity index (χ0) is 15.4. The van der Waals surface area contributed by atoms with Crippen LogP contribution < -0.4 is 5.32 Å². The number of rotatable bonds is 4. The zero-order valence-corrected chi connectivity index (χ0v) is 13.4. The van der Waals surface area contributed by atoms with Gasteiger partial charge in [-0.25, -0.2) is 0 Å². The van der Waals surface area contributed by atoms with Crippen LogP contribution in [0.3, 0.4) is 0 Å². The monoisotopic (exact) mass is 396 g/mol. The van der Waals surface area contributed by atoms with E-state index in [0.717, 1.165) is 3.57 Å². The normalized spacial score (nSPS) is 11.7. The van der Waals surface area contributed by atoms with Crippen LogP contribution in [0.4, 0.5) is 11.4 Å². The number of nitro benzene ring substituents is 1. The van der Waals surface area contributed by atoms with Crippen molar-refractivity contribution >= 4 is 39.9 Å². The summed E-state index contributed by atoms with van der Waals surface area (Å²) in [5.41, 5.74) is 1.32. The van der Waals surface area contributed by atoms with Gasteiger partial charge in [-0.2, -0.15) is 0 Å². The molecule has 108 valence electrons. The highest BCUT2D eigenvalue weighted by atomic mass is 127. The van der Waals surface area contributed by atoms with Gasteiger partial charge in [-0.15, -0.1) is 0 Å². The lowest BCUT2D eigenvalue weighted by Gasteiger charge is -2.12. The molecule has 21 heavy (non-hydrogen) atoms. The summed E-state index contributed by atoms with van der Waals surface area (Å²) in [6.07, 6.45) is 0. The van der Waals surface area contributed by atoms with E-state index in [-0.39, 0.29) is 11.6 Å². The van der Waals surface area contributed by atoms with Crippen LogP contribution in [-0.2, 0) is 4.79 Å². The number of benzene rings is 2. The van der Waals surface area contributed by atoms with Gasteiger partial charge in [-0.05, 0) is 53.3 Å². The molecule has 0 aliphatic rings. The fraction of sp³-hybridized carbons (Fsp3) is 0.133. The van der Waals surface area contributed by atoms with E-state index in [4.69, 9.17) is 0 Å². The molecule has 0 aliphatic heterocycles. The second kappa shape index (κ2) is 6.66. The summed E-state index contributed by atoms with van der Waals surface area (Å²) in [6.45, 7) is 1.72. The number of nitrogens with zero attached hydrogens (tertiary/aromatic N) is 1. The van der Waals surface area contributed by atoms with E-state index < -0.39 is 10.8 Å². The Morgan fingerprint density at radius 3 is 2.62 bits per heavy atom. The molecule has 0 aliphatic carbocycles. The lowest BCUT2D eigenvalue weighted by molar-refractivity contribution is -0.384. The Kier molecular flexibility index (Phi) is 4.89. The molecule has 0 spiro atoms. The number of nitro groups is 1. The molecular weight excluding hydrogens is 383 g/mol. The molecule has 1 N–H and O–H groups in total. The van der Waals surface area contributed by atoms with E-state index in [1.807, 2.05) is 18.2 Å². The molecule has 2 aromatic rings. The number of carbonyl (C=O) groups is 1. The second-order valence-electron chi connectivity index (χ2n) is 4.57. The summed E-state index contributed by atoms with van der Waals surface area (Å²) >= 11 is 2.17. The standard InChI is InChI=1S/C15H13IN2O3/c1-10(11-4-2-7-14(8-11)18(20)21)15(19)17-13-6-3-5-12(16)9-13/h2-10H,1H3,(H,17,19). The number of amides is 1. The van der Waals surface area contributed by atoms with Crippen molar-refractivity contribution < 1.29 is 9.72 Å². The Morgan fingerprint density at radius 1 is 1.24 bits per heavy atom. The summed E-state index contributed by atoms with van der Waals surface area (Å²) in [5, 5.41) is 13.6.